The predicted octanol–water partition coefficient (Wildman–Crippen LogP) is 4.09. The lowest BCUT2D eigenvalue weighted by atomic mass is 9.74. The summed E-state index contributed by atoms with van der Waals surface area (Å²) >= 11 is 0. The standard InChI is InChI=1S/C25H29N5O2/c1-4-32-18-8-5-17(6-9-18)7-10-23(31)29-20-13-25(2,3)14-21-19(20)15-28-24(30-21)22-16-26-11-12-27-22/h5-6,8-9,11-12,15-16,20H,4,7,10,13-14H2,1-3H3,(H,29,31)/t20-/m1/s1. The minimum Gasteiger partial charge on any atom is -0.494 e. The molecular formula is C25H29N5O2. The average Bonchev–Trinajstić information content (AvgIpc) is 2.78. The lowest BCUT2D eigenvalue weighted by Gasteiger charge is -2.36. The molecule has 0 radical (unpaired) electrons. The van der Waals surface area contributed by atoms with Crippen LogP contribution in [0.4, 0.5) is 0 Å². The van der Waals surface area contributed by atoms with E-state index in [1.165, 1.54) is 0 Å². The van der Waals surface area contributed by atoms with E-state index in [2.05, 4.69) is 34.1 Å². The molecule has 0 bridgehead atoms. The Hall–Kier alpha value is -3.35. The van der Waals surface area contributed by atoms with Gasteiger partial charge in [0.05, 0.1) is 24.5 Å². The van der Waals surface area contributed by atoms with Crippen LogP contribution in [0.25, 0.3) is 11.5 Å². The van der Waals surface area contributed by atoms with Crippen LogP contribution in [-0.4, -0.2) is 32.4 Å². The fourth-order valence-electron chi connectivity index (χ4n) is 4.16. The van der Waals surface area contributed by atoms with Crippen LogP contribution < -0.4 is 10.1 Å². The molecule has 2 aromatic heterocycles. The van der Waals surface area contributed by atoms with Crippen molar-refractivity contribution in [1.29, 1.82) is 0 Å². The molecule has 0 spiro atoms. The van der Waals surface area contributed by atoms with Crippen LogP contribution in [0.2, 0.25) is 0 Å². The first-order chi connectivity index (χ1) is 15.4. The third kappa shape index (κ3) is 5.28. The van der Waals surface area contributed by atoms with Gasteiger partial charge in [-0.2, -0.15) is 0 Å². The van der Waals surface area contributed by atoms with Gasteiger partial charge >= 0.3 is 0 Å². The molecule has 1 atom stereocenters. The Morgan fingerprint density at radius 2 is 1.97 bits per heavy atom. The molecular weight excluding hydrogens is 402 g/mol. The van der Waals surface area contributed by atoms with E-state index in [0.717, 1.165) is 35.4 Å². The molecule has 3 aromatic rings. The minimum absolute atomic E-state index is 0.0219. The number of rotatable bonds is 7. The van der Waals surface area contributed by atoms with Crippen molar-refractivity contribution in [2.24, 2.45) is 5.41 Å². The number of aryl methyl sites for hydroxylation is 1. The number of hydrogen-bond acceptors (Lipinski definition) is 6. The maximum atomic E-state index is 12.8. The maximum absolute atomic E-state index is 12.8. The molecule has 7 heteroatoms. The SMILES string of the molecule is CCOc1ccc(CCC(=O)N[C@@H]2CC(C)(C)Cc3nc(-c4cnccn4)ncc32)cc1. The van der Waals surface area contributed by atoms with E-state index in [0.29, 0.717) is 31.0 Å². The van der Waals surface area contributed by atoms with E-state index < -0.39 is 0 Å². The Morgan fingerprint density at radius 3 is 2.69 bits per heavy atom. The summed E-state index contributed by atoms with van der Waals surface area (Å²) in [4.78, 5) is 30.5. The number of carbonyl (C=O) groups is 1. The molecule has 1 N–H and O–H groups in total. The van der Waals surface area contributed by atoms with Crippen LogP contribution in [0.1, 0.15) is 56.5 Å². The third-order valence-electron chi connectivity index (χ3n) is 5.68. The fourth-order valence-corrected chi connectivity index (χ4v) is 4.16. The molecule has 0 fully saturated rings. The van der Waals surface area contributed by atoms with Crippen LogP contribution in [0.15, 0.2) is 49.1 Å². The second kappa shape index (κ2) is 9.42. The largest absolute Gasteiger partial charge is 0.494 e. The number of fused-ring (bicyclic) bond motifs is 1. The summed E-state index contributed by atoms with van der Waals surface area (Å²) in [5, 5.41) is 3.22. The molecule has 0 saturated carbocycles. The smallest absolute Gasteiger partial charge is 0.220 e. The number of benzene rings is 1. The summed E-state index contributed by atoms with van der Waals surface area (Å²) in [6.45, 7) is 7.02. The highest BCUT2D eigenvalue weighted by Crippen LogP contribution is 2.40. The molecule has 1 aromatic carbocycles. The molecule has 32 heavy (non-hydrogen) atoms. The van der Waals surface area contributed by atoms with Crippen molar-refractivity contribution in [2.75, 3.05) is 6.61 Å². The number of hydrogen-bond donors (Lipinski definition) is 1. The van der Waals surface area contributed by atoms with Gasteiger partial charge in [-0.3, -0.25) is 9.78 Å². The number of carbonyl (C=O) groups excluding carboxylic acids is 1. The zero-order valence-electron chi connectivity index (χ0n) is 18.8. The molecule has 1 aliphatic rings. The first kappa shape index (κ1) is 21.9. The van der Waals surface area contributed by atoms with Gasteiger partial charge in [0.25, 0.3) is 0 Å². The molecule has 7 nitrogen and oxygen atoms in total. The molecule has 0 aliphatic heterocycles. The summed E-state index contributed by atoms with van der Waals surface area (Å²) in [6.07, 6.45) is 9.55. The molecule has 2 heterocycles. The Kier molecular flexibility index (Phi) is 6.44. The zero-order chi connectivity index (χ0) is 22.6. The van der Waals surface area contributed by atoms with Crippen molar-refractivity contribution in [3.8, 4) is 17.3 Å². The Bertz CT molecular complexity index is 1070. The van der Waals surface area contributed by atoms with Gasteiger partial charge in [-0.15, -0.1) is 0 Å². The van der Waals surface area contributed by atoms with Crippen molar-refractivity contribution < 1.29 is 9.53 Å². The van der Waals surface area contributed by atoms with E-state index in [9.17, 15) is 4.79 Å². The summed E-state index contributed by atoms with van der Waals surface area (Å²) in [7, 11) is 0. The van der Waals surface area contributed by atoms with E-state index in [-0.39, 0.29) is 17.4 Å². The van der Waals surface area contributed by atoms with Gasteiger partial charge in [-0.05, 0) is 49.3 Å². The number of nitrogens with zero attached hydrogens (tertiary/aromatic N) is 4. The van der Waals surface area contributed by atoms with Crippen molar-refractivity contribution in [2.45, 2.75) is 52.5 Å². The fraction of sp³-hybridized carbons (Fsp3) is 0.400. The average molecular weight is 432 g/mol. The summed E-state index contributed by atoms with van der Waals surface area (Å²) < 4.78 is 5.48. The topological polar surface area (TPSA) is 89.9 Å². The van der Waals surface area contributed by atoms with Gasteiger partial charge in [0.1, 0.15) is 11.4 Å². The van der Waals surface area contributed by atoms with E-state index in [4.69, 9.17) is 9.72 Å². The third-order valence-corrected chi connectivity index (χ3v) is 5.68. The lowest BCUT2D eigenvalue weighted by molar-refractivity contribution is -0.122. The molecule has 1 aliphatic carbocycles. The molecule has 0 saturated heterocycles. The number of nitrogens with one attached hydrogen (secondary N) is 1. The van der Waals surface area contributed by atoms with Crippen LogP contribution in [0.3, 0.4) is 0 Å². The Labute approximate surface area is 188 Å². The number of aromatic nitrogens is 4. The van der Waals surface area contributed by atoms with Gasteiger partial charge in [-0.25, -0.2) is 15.0 Å². The number of ether oxygens (including phenoxy) is 1. The molecule has 1 amide bonds. The minimum atomic E-state index is -0.0995. The quantitative estimate of drug-likeness (QED) is 0.606. The first-order valence-corrected chi connectivity index (χ1v) is 11.1. The summed E-state index contributed by atoms with van der Waals surface area (Å²) in [6, 6.07) is 7.82. The van der Waals surface area contributed by atoms with Crippen molar-refractivity contribution in [3.63, 3.8) is 0 Å². The predicted molar refractivity (Wildman–Crippen MR) is 122 cm³/mol. The highest BCUT2D eigenvalue weighted by Gasteiger charge is 2.34. The van der Waals surface area contributed by atoms with Gasteiger partial charge < -0.3 is 10.1 Å². The van der Waals surface area contributed by atoms with Crippen molar-refractivity contribution in [1.82, 2.24) is 25.3 Å². The summed E-state index contributed by atoms with van der Waals surface area (Å²) in [5.41, 5.74) is 3.74. The highest BCUT2D eigenvalue weighted by molar-refractivity contribution is 5.76. The number of amides is 1. The Balaban J connectivity index is 1.45. The monoisotopic (exact) mass is 431 g/mol. The zero-order valence-corrected chi connectivity index (χ0v) is 18.8. The maximum Gasteiger partial charge on any atom is 0.220 e. The molecule has 0 unspecified atom stereocenters. The second-order valence-electron chi connectivity index (χ2n) is 8.93. The highest BCUT2D eigenvalue weighted by atomic mass is 16.5. The second-order valence-corrected chi connectivity index (χ2v) is 8.93. The summed E-state index contributed by atoms with van der Waals surface area (Å²) in [5.74, 6) is 1.45. The van der Waals surface area contributed by atoms with Gasteiger partial charge in [-0.1, -0.05) is 26.0 Å². The van der Waals surface area contributed by atoms with Crippen LogP contribution >= 0.6 is 0 Å². The Morgan fingerprint density at radius 1 is 1.16 bits per heavy atom. The van der Waals surface area contributed by atoms with E-state index >= 15 is 0 Å². The van der Waals surface area contributed by atoms with Crippen LogP contribution in [0.5, 0.6) is 5.75 Å². The van der Waals surface area contributed by atoms with E-state index in [1.807, 2.05) is 37.4 Å². The molecule has 166 valence electrons. The van der Waals surface area contributed by atoms with Crippen molar-refractivity contribution in [3.05, 3.63) is 65.9 Å². The lowest BCUT2D eigenvalue weighted by Crippen LogP contribution is -2.37. The van der Waals surface area contributed by atoms with E-state index in [1.54, 1.807) is 18.6 Å². The van der Waals surface area contributed by atoms with Gasteiger partial charge in [0, 0.05) is 30.6 Å². The first-order valence-electron chi connectivity index (χ1n) is 11.1. The van der Waals surface area contributed by atoms with Gasteiger partial charge in [0.15, 0.2) is 5.82 Å². The molecule has 4 rings (SSSR count). The van der Waals surface area contributed by atoms with Crippen LogP contribution in [0, 0.1) is 5.41 Å². The van der Waals surface area contributed by atoms with Gasteiger partial charge in [0.2, 0.25) is 5.91 Å². The van der Waals surface area contributed by atoms with Crippen LogP contribution in [-0.2, 0) is 17.6 Å². The normalized spacial score (nSPS) is 16.8. The van der Waals surface area contributed by atoms with Crippen molar-refractivity contribution >= 4 is 5.91 Å².